The monoisotopic (exact) mass is 685 g/mol. The Labute approximate surface area is 284 Å². The zero-order chi connectivity index (χ0) is 36.0. The number of carbonyl (C=O) groups is 4. The molecule has 0 aliphatic carbocycles. The number of nitrogens with one attached hydrogen (secondary N) is 1. The number of halogens is 2. The first kappa shape index (κ1) is 37.2. The summed E-state index contributed by atoms with van der Waals surface area (Å²) in [4.78, 5) is 66.6. The van der Waals surface area contributed by atoms with E-state index >= 15 is 0 Å². The molecule has 2 aromatic heterocycles. The summed E-state index contributed by atoms with van der Waals surface area (Å²) in [5.41, 5.74) is 0.0951. The Bertz CT molecular complexity index is 1640. The molecule has 1 aliphatic rings. The summed E-state index contributed by atoms with van der Waals surface area (Å²) in [6.45, 7) is 9.11. The van der Waals surface area contributed by atoms with E-state index in [0.29, 0.717) is 25.8 Å². The lowest BCUT2D eigenvalue weighted by atomic mass is 10.1. The molecule has 3 heterocycles. The summed E-state index contributed by atoms with van der Waals surface area (Å²) < 4.78 is 39.6. The molecule has 1 N–H and O–H groups in total. The number of hydrogen-bond acceptors (Lipinski definition) is 8. The van der Waals surface area contributed by atoms with E-state index in [2.05, 4.69) is 15.3 Å². The van der Waals surface area contributed by atoms with Gasteiger partial charge in [0.05, 0.1) is 12.3 Å². The van der Waals surface area contributed by atoms with Crippen molar-refractivity contribution in [1.82, 2.24) is 34.4 Å². The number of ether oxygens (including phenoxy) is 2. The average Bonchev–Trinajstić information content (AvgIpc) is 3.70. The first-order chi connectivity index (χ1) is 23.1. The number of amides is 4. The van der Waals surface area contributed by atoms with Gasteiger partial charge in [0.1, 0.15) is 29.2 Å². The second-order valence-electron chi connectivity index (χ2n) is 13.3. The maximum absolute atomic E-state index is 14.1. The fourth-order valence-electron chi connectivity index (χ4n) is 5.52. The van der Waals surface area contributed by atoms with Crippen LogP contribution in [0, 0.1) is 11.6 Å². The van der Waals surface area contributed by atoms with Crippen LogP contribution in [0.5, 0.6) is 0 Å². The van der Waals surface area contributed by atoms with Crippen LogP contribution in [0.2, 0.25) is 0 Å². The molecule has 0 spiro atoms. The number of fused-ring (bicyclic) bond motifs is 1. The average molecular weight is 686 g/mol. The van der Waals surface area contributed by atoms with Gasteiger partial charge in [-0.15, -0.1) is 0 Å². The number of likely N-dealkylation sites (N-methyl/N-ethyl adjacent to an activating group) is 1. The molecule has 4 amide bonds. The smallest absolute Gasteiger partial charge is 0.410 e. The summed E-state index contributed by atoms with van der Waals surface area (Å²) >= 11 is 0. The van der Waals surface area contributed by atoms with Crippen molar-refractivity contribution < 1.29 is 37.4 Å². The van der Waals surface area contributed by atoms with Gasteiger partial charge in [0.2, 0.25) is 17.6 Å². The van der Waals surface area contributed by atoms with E-state index in [4.69, 9.17) is 9.47 Å². The van der Waals surface area contributed by atoms with Crippen LogP contribution in [0.15, 0.2) is 42.9 Å². The summed E-state index contributed by atoms with van der Waals surface area (Å²) in [7, 11) is 2.87. The predicted octanol–water partition coefficient (Wildman–Crippen LogP) is 3.46. The van der Waals surface area contributed by atoms with Crippen LogP contribution < -0.4 is 5.32 Å². The fraction of sp³-hybridized carbons (Fsp3) is 0.529. The SMILES string of the molecule is CO[C@H](C)[C@H](NC(=O)[C@H](C)N(C)C(=O)OC(C)(C)C)C(=O)N1CCC[C@H]1CN(CCc1ccc(F)cc1)C(=O)c1cn2cc(F)cnc2n1. The van der Waals surface area contributed by atoms with Crippen molar-refractivity contribution >= 4 is 29.6 Å². The summed E-state index contributed by atoms with van der Waals surface area (Å²) in [5.74, 6) is -2.22. The third-order valence-corrected chi connectivity index (χ3v) is 8.51. The maximum atomic E-state index is 14.1. The molecule has 1 fully saturated rings. The van der Waals surface area contributed by atoms with Crippen LogP contribution in [0.4, 0.5) is 13.6 Å². The van der Waals surface area contributed by atoms with Crippen molar-refractivity contribution in [2.75, 3.05) is 33.8 Å². The van der Waals surface area contributed by atoms with E-state index in [-0.39, 0.29) is 30.4 Å². The lowest BCUT2D eigenvalue weighted by Crippen LogP contribution is -2.59. The fourth-order valence-corrected chi connectivity index (χ4v) is 5.52. The van der Waals surface area contributed by atoms with Gasteiger partial charge in [-0.25, -0.2) is 23.5 Å². The molecule has 49 heavy (non-hydrogen) atoms. The molecule has 1 aliphatic heterocycles. The van der Waals surface area contributed by atoms with Gasteiger partial charge in [0.25, 0.3) is 5.91 Å². The largest absolute Gasteiger partial charge is 0.444 e. The Balaban J connectivity index is 1.54. The Morgan fingerprint density at radius 1 is 1.08 bits per heavy atom. The summed E-state index contributed by atoms with van der Waals surface area (Å²) in [5, 5.41) is 2.77. The number of methoxy groups -OCH3 is 1. The molecule has 13 nitrogen and oxygen atoms in total. The number of hydrogen-bond donors (Lipinski definition) is 1. The molecule has 0 radical (unpaired) electrons. The lowest BCUT2D eigenvalue weighted by Gasteiger charge is -2.35. The lowest BCUT2D eigenvalue weighted by molar-refractivity contribution is -0.141. The van der Waals surface area contributed by atoms with Gasteiger partial charge in [0, 0.05) is 52.2 Å². The van der Waals surface area contributed by atoms with Gasteiger partial charge in [-0.3, -0.25) is 23.7 Å². The first-order valence-electron chi connectivity index (χ1n) is 16.2. The molecule has 15 heteroatoms. The van der Waals surface area contributed by atoms with Crippen molar-refractivity contribution in [2.24, 2.45) is 0 Å². The minimum atomic E-state index is -1.09. The summed E-state index contributed by atoms with van der Waals surface area (Å²) in [6.07, 6.45) is 3.82. The topological polar surface area (TPSA) is 139 Å². The van der Waals surface area contributed by atoms with Gasteiger partial charge in [-0.05, 0) is 71.6 Å². The number of aromatic nitrogens is 3. The highest BCUT2D eigenvalue weighted by molar-refractivity contribution is 5.93. The minimum absolute atomic E-state index is 0.0503. The number of rotatable bonds is 12. The van der Waals surface area contributed by atoms with Gasteiger partial charge < -0.3 is 24.6 Å². The minimum Gasteiger partial charge on any atom is -0.444 e. The van der Waals surface area contributed by atoms with Crippen molar-refractivity contribution in [2.45, 2.75) is 83.7 Å². The zero-order valence-electron chi connectivity index (χ0n) is 29.0. The third-order valence-electron chi connectivity index (χ3n) is 8.51. The van der Waals surface area contributed by atoms with Crippen LogP contribution >= 0.6 is 0 Å². The Morgan fingerprint density at radius 3 is 2.43 bits per heavy atom. The summed E-state index contributed by atoms with van der Waals surface area (Å²) in [6, 6.07) is 3.51. The van der Waals surface area contributed by atoms with Gasteiger partial charge in [-0.2, -0.15) is 0 Å². The van der Waals surface area contributed by atoms with Crippen LogP contribution in [-0.4, -0.2) is 117 Å². The molecule has 4 atom stereocenters. The Hall–Kier alpha value is -4.66. The van der Waals surface area contributed by atoms with Gasteiger partial charge >= 0.3 is 6.09 Å². The molecule has 0 bridgehead atoms. The van der Waals surface area contributed by atoms with E-state index in [0.717, 1.165) is 16.7 Å². The van der Waals surface area contributed by atoms with Crippen molar-refractivity contribution in [3.05, 3.63) is 65.7 Å². The molecular weight excluding hydrogens is 640 g/mol. The van der Waals surface area contributed by atoms with Crippen LogP contribution in [0.25, 0.3) is 5.78 Å². The van der Waals surface area contributed by atoms with E-state index in [9.17, 15) is 28.0 Å². The number of benzene rings is 1. The van der Waals surface area contributed by atoms with Gasteiger partial charge in [-0.1, -0.05) is 12.1 Å². The van der Waals surface area contributed by atoms with E-state index in [1.165, 1.54) is 50.0 Å². The highest BCUT2D eigenvalue weighted by atomic mass is 19.1. The van der Waals surface area contributed by atoms with E-state index in [1.54, 1.807) is 49.6 Å². The third kappa shape index (κ3) is 9.49. The van der Waals surface area contributed by atoms with Crippen LogP contribution in [0.1, 0.15) is 63.5 Å². The second-order valence-corrected chi connectivity index (χ2v) is 13.3. The number of nitrogens with zero attached hydrogens (tertiary/aromatic N) is 6. The zero-order valence-corrected chi connectivity index (χ0v) is 29.0. The Morgan fingerprint density at radius 2 is 1.78 bits per heavy atom. The standard InChI is InChI=1S/C34H45F2N7O6/c1-21(40(6)33(47)49-34(3,4)5)29(44)39-28(22(2)48-7)31(46)43-15-8-9-26(43)19-41(16-14-23-10-12-24(35)13-11-23)30(45)27-20-42-18-25(36)17-37-32(42)38-27/h10-13,17-18,20-22,26,28H,8-9,14-16,19H2,1-7H3,(H,39,44)/t21-,22+,26-,28-/m0/s1. The molecule has 4 rings (SSSR count). The molecule has 1 aromatic carbocycles. The van der Waals surface area contributed by atoms with Crippen LogP contribution in [0.3, 0.4) is 0 Å². The second kappa shape index (κ2) is 15.7. The van der Waals surface area contributed by atoms with Gasteiger partial charge in [0.15, 0.2) is 5.82 Å². The number of likely N-dealkylation sites (tertiary alicyclic amines) is 1. The van der Waals surface area contributed by atoms with E-state index in [1.807, 2.05) is 0 Å². The highest BCUT2D eigenvalue weighted by Gasteiger charge is 2.39. The molecule has 3 aromatic rings. The van der Waals surface area contributed by atoms with Crippen molar-refractivity contribution in [3.63, 3.8) is 0 Å². The molecule has 266 valence electrons. The first-order valence-corrected chi connectivity index (χ1v) is 16.2. The molecule has 0 saturated carbocycles. The number of imidazole rings is 1. The molecule has 0 unspecified atom stereocenters. The Kier molecular flexibility index (Phi) is 11.9. The van der Waals surface area contributed by atoms with Crippen molar-refractivity contribution in [3.8, 4) is 0 Å². The quantitative estimate of drug-likeness (QED) is 0.306. The normalized spacial score (nSPS) is 16.6. The van der Waals surface area contributed by atoms with Crippen LogP contribution in [-0.2, 0) is 25.5 Å². The molecular formula is C34H45F2N7O6. The maximum Gasteiger partial charge on any atom is 0.410 e. The molecule has 1 saturated heterocycles. The number of carbonyl (C=O) groups excluding carboxylic acids is 4. The van der Waals surface area contributed by atoms with E-state index < -0.39 is 59.5 Å². The predicted molar refractivity (Wildman–Crippen MR) is 176 cm³/mol. The van der Waals surface area contributed by atoms with Crippen molar-refractivity contribution in [1.29, 1.82) is 0 Å². The highest BCUT2D eigenvalue weighted by Crippen LogP contribution is 2.22.